The van der Waals surface area contributed by atoms with Crippen LogP contribution in [0.25, 0.3) is 6.08 Å². The number of carbonyl (C=O) groups excluding carboxylic acids is 2. The summed E-state index contributed by atoms with van der Waals surface area (Å²) in [5.41, 5.74) is 1.74. The molecule has 2 aliphatic heterocycles. The number of ether oxygens (including phenoxy) is 1. The van der Waals surface area contributed by atoms with Crippen LogP contribution in [0.3, 0.4) is 0 Å². The van der Waals surface area contributed by atoms with E-state index < -0.39 is 5.60 Å². The lowest BCUT2D eigenvalue weighted by atomic mass is 9.86. The Morgan fingerprint density at radius 2 is 1.74 bits per heavy atom. The van der Waals surface area contributed by atoms with E-state index in [1.165, 1.54) is 4.90 Å². The van der Waals surface area contributed by atoms with Gasteiger partial charge in [-0.3, -0.25) is 9.59 Å². The summed E-state index contributed by atoms with van der Waals surface area (Å²) < 4.78 is 5.99. The third-order valence-electron chi connectivity index (χ3n) is 5.16. The van der Waals surface area contributed by atoms with Crippen molar-refractivity contribution in [3.8, 4) is 0 Å². The minimum Gasteiger partial charge on any atom is -0.360 e. The van der Waals surface area contributed by atoms with Gasteiger partial charge in [0, 0.05) is 11.6 Å². The van der Waals surface area contributed by atoms with Crippen LogP contribution in [0, 0.1) is 6.92 Å². The number of nitrogens with zero attached hydrogens (tertiary/aromatic N) is 1. The molecule has 2 aromatic carbocycles. The monoisotopic (exact) mass is 381 g/mol. The standard InChI is InChI=1S/C22H20ClNO3/c1-15-4-6-16(7-5-15)14-19-20(25)24(18-10-8-17(23)9-11-18)21(26)22(19)12-2-3-13-27-22/h4-11,14H,2-3,12-13H2,1H3/b19-14-. The predicted octanol–water partition coefficient (Wildman–Crippen LogP) is 4.54. The van der Waals surface area contributed by atoms with Crippen LogP contribution in [-0.4, -0.2) is 24.0 Å². The third kappa shape index (κ3) is 3.09. The number of hydrogen-bond donors (Lipinski definition) is 0. The number of halogens is 1. The van der Waals surface area contributed by atoms with E-state index in [0.29, 0.717) is 29.3 Å². The van der Waals surface area contributed by atoms with Crippen molar-refractivity contribution in [2.45, 2.75) is 31.8 Å². The Kier molecular flexibility index (Phi) is 4.62. The molecule has 2 heterocycles. The molecule has 4 rings (SSSR count). The molecule has 2 fully saturated rings. The summed E-state index contributed by atoms with van der Waals surface area (Å²) in [5.74, 6) is -0.641. The van der Waals surface area contributed by atoms with Crippen LogP contribution in [0.15, 0.2) is 54.1 Å². The zero-order valence-corrected chi connectivity index (χ0v) is 15.8. The SMILES string of the molecule is Cc1ccc(/C=C2/C(=O)N(c3ccc(Cl)cc3)C(=O)C23CCCCO3)cc1. The Hall–Kier alpha value is -2.43. The van der Waals surface area contributed by atoms with Crippen molar-refractivity contribution in [1.29, 1.82) is 0 Å². The highest BCUT2D eigenvalue weighted by molar-refractivity contribution is 6.34. The number of amides is 2. The van der Waals surface area contributed by atoms with E-state index in [0.717, 1.165) is 24.0 Å². The first-order valence-corrected chi connectivity index (χ1v) is 9.46. The van der Waals surface area contributed by atoms with Crippen molar-refractivity contribution >= 4 is 35.2 Å². The van der Waals surface area contributed by atoms with Gasteiger partial charge in [-0.25, -0.2) is 4.90 Å². The van der Waals surface area contributed by atoms with Gasteiger partial charge in [0.05, 0.1) is 11.3 Å². The van der Waals surface area contributed by atoms with Gasteiger partial charge in [-0.05, 0) is 62.1 Å². The van der Waals surface area contributed by atoms with E-state index >= 15 is 0 Å². The van der Waals surface area contributed by atoms with Crippen molar-refractivity contribution in [1.82, 2.24) is 0 Å². The molecule has 0 aromatic heterocycles. The van der Waals surface area contributed by atoms with Gasteiger partial charge in [0.25, 0.3) is 11.8 Å². The van der Waals surface area contributed by atoms with E-state index in [2.05, 4.69) is 0 Å². The molecule has 5 heteroatoms. The smallest absolute Gasteiger partial charge is 0.271 e. The zero-order chi connectivity index (χ0) is 19.0. The van der Waals surface area contributed by atoms with Crippen LogP contribution in [0.5, 0.6) is 0 Å². The molecule has 2 amide bonds. The second-order valence-electron chi connectivity index (χ2n) is 7.02. The Morgan fingerprint density at radius 1 is 1.04 bits per heavy atom. The summed E-state index contributed by atoms with van der Waals surface area (Å²) >= 11 is 5.96. The Bertz CT molecular complexity index is 910. The molecule has 1 unspecified atom stereocenters. The largest absolute Gasteiger partial charge is 0.360 e. The minimum atomic E-state index is -1.19. The number of imide groups is 1. The average Bonchev–Trinajstić information content (AvgIpc) is 2.87. The van der Waals surface area contributed by atoms with Gasteiger partial charge >= 0.3 is 0 Å². The van der Waals surface area contributed by atoms with Gasteiger partial charge < -0.3 is 4.74 Å². The van der Waals surface area contributed by atoms with Crippen molar-refractivity contribution < 1.29 is 14.3 Å². The lowest BCUT2D eigenvalue weighted by molar-refractivity contribution is -0.140. The molecule has 0 saturated carbocycles. The van der Waals surface area contributed by atoms with Crippen LogP contribution >= 0.6 is 11.6 Å². The van der Waals surface area contributed by atoms with E-state index in [-0.39, 0.29) is 11.8 Å². The Labute approximate surface area is 163 Å². The fourth-order valence-corrected chi connectivity index (χ4v) is 3.82. The number of benzene rings is 2. The van der Waals surface area contributed by atoms with Crippen molar-refractivity contribution in [2.75, 3.05) is 11.5 Å². The molecule has 1 atom stereocenters. The third-order valence-corrected chi connectivity index (χ3v) is 5.41. The van der Waals surface area contributed by atoms with Crippen LogP contribution < -0.4 is 4.90 Å². The molecule has 0 bridgehead atoms. The first-order chi connectivity index (χ1) is 13.0. The van der Waals surface area contributed by atoms with E-state index in [9.17, 15) is 9.59 Å². The van der Waals surface area contributed by atoms with Crippen LogP contribution in [0.4, 0.5) is 5.69 Å². The van der Waals surface area contributed by atoms with Gasteiger partial charge in [0.1, 0.15) is 0 Å². The summed E-state index contributed by atoms with van der Waals surface area (Å²) in [5, 5.41) is 0.553. The lowest BCUT2D eigenvalue weighted by Gasteiger charge is -2.32. The molecule has 27 heavy (non-hydrogen) atoms. The zero-order valence-electron chi connectivity index (χ0n) is 15.1. The highest BCUT2D eigenvalue weighted by Crippen LogP contribution is 2.43. The topological polar surface area (TPSA) is 46.6 Å². The van der Waals surface area contributed by atoms with Gasteiger partial charge in [0.15, 0.2) is 5.60 Å². The van der Waals surface area contributed by atoms with Crippen molar-refractivity contribution in [2.24, 2.45) is 0 Å². The summed E-state index contributed by atoms with van der Waals surface area (Å²) in [7, 11) is 0. The molecule has 1 spiro atoms. The fourth-order valence-electron chi connectivity index (χ4n) is 3.69. The second kappa shape index (κ2) is 6.95. The van der Waals surface area contributed by atoms with Crippen LogP contribution in [0.1, 0.15) is 30.4 Å². The van der Waals surface area contributed by atoms with Crippen molar-refractivity contribution in [3.63, 3.8) is 0 Å². The molecule has 2 saturated heterocycles. The molecule has 0 aliphatic carbocycles. The quantitative estimate of drug-likeness (QED) is 0.566. The van der Waals surface area contributed by atoms with E-state index in [1.807, 2.05) is 31.2 Å². The summed E-state index contributed by atoms with van der Waals surface area (Å²) in [6.45, 7) is 2.48. The maximum atomic E-state index is 13.3. The van der Waals surface area contributed by atoms with Gasteiger partial charge in [-0.2, -0.15) is 0 Å². The summed E-state index contributed by atoms with van der Waals surface area (Å²) in [4.78, 5) is 27.8. The van der Waals surface area contributed by atoms with Crippen molar-refractivity contribution in [3.05, 3.63) is 70.3 Å². The van der Waals surface area contributed by atoms with Crippen LogP contribution in [0.2, 0.25) is 5.02 Å². The molecular weight excluding hydrogens is 362 g/mol. The highest BCUT2D eigenvalue weighted by Gasteiger charge is 2.57. The van der Waals surface area contributed by atoms with Gasteiger partial charge in [-0.15, -0.1) is 0 Å². The second-order valence-corrected chi connectivity index (χ2v) is 7.46. The van der Waals surface area contributed by atoms with E-state index in [1.54, 1.807) is 30.3 Å². The highest BCUT2D eigenvalue weighted by atomic mass is 35.5. The molecule has 2 aromatic rings. The molecular formula is C22H20ClNO3. The maximum Gasteiger partial charge on any atom is 0.271 e. The molecule has 0 N–H and O–H groups in total. The van der Waals surface area contributed by atoms with Crippen LogP contribution in [-0.2, 0) is 14.3 Å². The maximum absolute atomic E-state index is 13.3. The first-order valence-electron chi connectivity index (χ1n) is 9.08. The van der Waals surface area contributed by atoms with E-state index in [4.69, 9.17) is 16.3 Å². The number of aryl methyl sites for hydroxylation is 1. The van der Waals surface area contributed by atoms with Gasteiger partial charge in [0.2, 0.25) is 0 Å². The summed E-state index contributed by atoms with van der Waals surface area (Å²) in [6, 6.07) is 14.6. The molecule has 4 nitrogen and oxygen atoms in total. The number of carbonyl (C=O) groups is 2. The normalized spacial score (nSPS) is 24.2. The first kappa shape index (κ1) is 18.0. The molecule has 138 valence electrons. The molecule has 2 aliphatic rings. The Balaban J connectivity index is 1.82. The Morgan fingerprint density at radius 3 is 2.37 bits per heavy atom. The summed E-state index contributed by atoms with van der Waals surface area (Å²) in [6.07, 6.45) is 4.04. The number of hydrogen-bond acceptors (Lipinski definition) is 3. The predicted molar refractivity (Wildman–Crippen MR) is 106 cm³/mol. The molecule has 0 radical (unpaired) electrons. The number of rotatable bonds is 2. The minimum absolute atomic E-state index is 0.312. The number of anilines is 1. The fraction of sp³-hybridized carbons (Fsp3) is 0.273. The average molecular weight is 382 g/mol. The lowest BCUT2D eigenvalue weighted by Crippen LogP contribution is -2.45. The van der Waals surface area contributed by atoms with Gasteiger partial charge in [-0.1, -0.05) is 41.4 Å².